The molecule has 0 spiro atoms. The lowest BCUT2D eigenvalue weighted by Crippen LogP contribution is -2.27. The summed E-state index contributed by atoms with van der Waals surface area (Å²) in [5.74, 6) is 1.04. The first kappa shape index (κ1) is 10.7. The third-order valence-electron chi connectivity index (χ3n) is 2.57. The minimum absolute atomic E-state index is 0.692. The Bertz CT molecular complexity index is 350. The number of hydrogen-bond acceptors (Lipinski definition) is 3. The SMILES string of the molecule is CCCN(c1ncc(N)cc1Br)C1CC1. The number of pyridine rings is 1. The molecule has 0 unspecified atom stereocenters. The molecular formula is C11H16BrN3. The van der Waals surface area contributed by atoms with Crippen molar-refractivity contribution in [2.24, 2.45) is 0 Å². The van der Waals surface area contributed by atoms with E-state index in [0.717, 1.165) is 23.3 Å². The minimum atomic E-state index is 0.692. The van der Waals surface area contributed by atoms with Gasteiger partial charge in [-0.25, -0.2) is 4.98 Å². The predicted molar refractivity (Wildman–Crippen MR) is 67.0 cm³/mol. The minimum Gasteiger partial charge on any atom is -0.397 e. The van der Waals surface area contributed by atoms with E-state index in [-0.39, 0.29) is 0 Å². The molecule has 0 atom stereocenters. The molecule has 3 nitrogen and oxygen atoms in total. The van der Waals surface area contributed by atoms with Crippen molar-refractivity contribution in [2.45, 2.75) is 32.2 Å². The van der Waals surface area contributed by atoms with E-state index in [0.29, 0.717) is 11.7 Å². The third-order valence-corrected chi connectivity index (χ3v) is 3.15. The molecule has 1 aliphatic rings. The molecule has 0 saturated heterocycles. The summed E-state index contributed by atoms with van der Waals surface area (Å²) in [7, 11) is 0. The van der Waals surface area contributed by atoms with Crippen molar-refractivity contribution in [2.75, 3.05) is 17.2 Å². The van der Waals surface area contributed by atoms with Gasteiger partial charge in [-0.3, -0.25) is 0 Å². The summed E-state index contributed by atoms with van der Waals surface area (Å²) < 4.78 is 1.00. The number of rotatable bonds is 4. The van der Waals surface area contributed by atoms with E-state index in [1.807, 2.05) is 6.07 Å². The van der Waals surface area contributed by atoms with Crippen LogP contribution in [0.4, 0.5) is 11.5 Å². The summed E-state index contributed by atoms with van der Waals surface area (Å²) in [4.78, 5) is 6.79. The Morgan fingerprint density at radius 3 is 2.87 bits per heavy atom. The maximum Gasteiger partial charge on any atom is 0.143 e. The highest BCUT2D eigenvalue weighted by molar-refractivity contribution is 9.10. The van der Waals surface area contributed by atoms with Gasteiger partial charge in [-0.05, 0) is 41.3 Å². The Kier molecular flexibility index (Phi) is 3.14. The first-order valence-electron chi connectivity index (χ1n) is 5.40. The fraction of sp³-hybridized carbons (Fsp3) is 0.545. The van der Waals surface area contributed by atoms with E-state index < -0.39 is 0 Å². The lowest BCUT2D eigenvalue weighted by Gasteiger charge is -2.24. The topological polar surface area (TPSA) is 42.2 Å². The zero-order chi connectivity index (χ0) is 10.8. The first-order chi connectivity index (χ1) is 7.22. The molecule has 1 aromatic rings. The Morgan fingerprint density at radius 1 is 1.60 bits per heavy atom. The molecule has 0 bridgehead atoms. The molecule has 1 aromatic heterocycles. The molecule has 4 heteroatoms. The van der Waals surface area contributed by atoms with Gasteiger partial charge in [0, 0.05) is 12.6 Å². The smallest absolute Gasteiger partial charge is 0.143 e. The van der Waals surface area contributed by atoms with Gasteiger partial charge in [0.15, 0.2) is 0 Å². The second-order valence-corrected chi connectivity index (χ2v) is 4.85. The van der Waals surface area contributed by atoms with Crippen LogP contribution in [-0.2, 0) is 0 Å². The van der Waals surface area contributed by atoms with Gasteiger partial charge in [-0.2, -0.15) is 0 Å². The number of aromatic nitrogens is 1. The Labute approximate surface area is 98.8 Å². The largest absolute Gasteiger partial charge is 0.397 e. The second kappa shape index (κ2) is 4.39. The molecule has 2 N–H and O–H groups in total. The van der Waals surface area contributed by atoms with E-state index in [4.69, 9.17) is 5.73 Å². The summed E-state index contributed by atoms with van der Waals surface area (Å²) in [6.07, 6.45) is 5.46. The number of nitrogen functional groups attached to an aromatic ring is 1. The molecule has 15 heavy (non-hydrogen) atoms. The van der Waals surface area contributed by atoms with Gasteiger partial charge >= 0.3 is 0 Å². The van der Waals surface area contributed by atoms with Crippen LogP contribution in [0.5, 0.6) is 0 Å². The zero-order valence-corrected chi connectivity index (χ0v) is 10.5. The van der Waals surface area contributed by atoms with Crippen LogP contribution in [0.1, 0.15) is 26.2 Å². The monoisotopic (exact) mass is 269 g/mol. The standard InChI is InChI=1S/C11H16BrN3/c1-2-5-15(9-3-4-9)11-10(12)6-8(13)7-14-11/h6-7,9H,2-5,13H2,1H3. The molecular weight excluding hydrogens is 254 g/mol. The average molecular weight is 270 g/mol. The second-order valence-electron chi connectivity index (χ2n) is 4.00. The quantitative estimate of drug-likeness (QED) is 0.914. The number of halogens is 1. The maximum atomic E-state index is 5.68. The van der Waals surface area contributed by atoms with Gasteiger partial charge in [0.25, 0.3) is 0 Å². The van der Waals surface area contributed by atoms with Crippen LogP contribution in [0.25, 0.3) is 0 Å². The lowest BCUT2D eigenvalue weighted by atomic mass is 10.3. The van der Waals surface area contributed by atoms with Gasteiger partial charge in [0.1, 0.15) is 5.82 Å². The highest BCUT2D eigenvalue weighted by Gasteiger charge is 2.30. The van der Waals surface area contributed by atoms with Gasteiger partial charge in [0.05, 0.1) is 16.4 Å². The van der Waals surface area contributed by atoms with Crippen molar-refractivity contribution >= 4 is 27.4 Å². The molecule has 0 aromatic carbocycles. The summed E-state index contributed by atoms with van der Waals surface area (Å²) >= 11 is 3.53. The Balaban J connectivity index is 2.24. The van der Waals surface area contributed by atoms with Gasteiger partial charge in [0.2, 0.25) is 0 Å². The molecule has 2 rings (SSSR count). The van der Waals surface area contributed by atoms with Crippen molar-refractivity contribution in [1.82, 2.24) is 4.98 Å². The van der Waals surface area contributed by atoms with Gasteiger partial charge in [-0.15, -0.1) is 0 Å². The van der Waals surface area contributed by atoms with Gasteiger partial charge < -0.3 is 10.6 Å². The summed E-state index contributed by atoms with van der Waals surface area (Å²) in [5.41, 5.74) is 6.39. The molecule has 82 valence electrons. The van der Waals surface area contributed by atoms with Crippen molar-refractivity contribution in [3.63, 3.8) is 0 Å². The van der Waals surface area contributed by atoms with Crippen LogP contribution >= 0.6 is 15.9 Å². The fourth-order valence-electron chi connectivity index (χ4n) is 1.75. The van der Waals surface area contributed by atoms with Crippen molar-refractivity contribution in [3.05, 3.63) is 16.7 Å². The molecule has 0 radical (unpaired) electrons. The van der Waals surface area contributed by atoms with Gasteiger partial charge in [-0.1, -0.05) is 6.92 Å². The Hall–Kier alpha value is -0.770. The number of anilines is 2. The molecule has 1 aliphatic carbocycles. The van der Waals surface area contributed by atoms with Crippen LogP contribution < -0.4 is 10.6 Å². The highest BCUT2D eigenvalue weighted by Crippen LogP contribution is 2.34. The van der Waals surface area contributed by atoms with E-state index in [2.05, 4.69) is 32.7 Å². The summed E-state index contributed by atoms with van der Waals surface area (Å²) in [6.45, 7) is 3.26. The van der Waals surface area contributed by atoms with Crippen LogP contribution in [0.15, 0.2) is 16.7 Å². The van der Waals surface area contributed by atoms with E-state index >= 15 is 0 Å². The number of nitrogens with zero attached hydrogens (tertiary/aromatic N) is 2. The van der Waals surface area contributed by atoms with E-state index in [1.165, 1.54) is 12.8 Å². The maximum absolute atomic E-state index is 5.68. The van der Waals surface area contributed by atoms with E-state index in [1.54, 1.807) is 6.20 Å². The third kappa shape index (κ3) is 2.43. The first-order valence-corrected chi connectivity index (χ1v) is 6.19. The average Bonchev–Trinajstić information content (AvgIpc) is 2.98. The van der Waals surface area contributed by atoms with E-state index in [9.17, 15) is 0 Å². The number of nitrogens with two attached hydrogens (primary N) is 1. The molecule has 1 saturated carbocycles. The van der Waals surface area contributed by atoms with Crippen LogP contribution in [-0.4, -0.2) is 17.6 Å². The van der Waals surface area contributed by atoms with Crippen LogP contribution in [0.2, 0.25) is 0 Å². The van der Waals surface area contributed by atoms with Crippen molar-refractivity contribution < 1.29 is 0 Å². The zero-order valence-electron chi connectivity index (χ0n) is 8.91. The van der Waals surface area contributed by atoms with Crippen LogP contribution in [0, 0.1) is 0 Å². The fourth-order valence-corrected chi connectivity index (χ4v) is 2.34. The molecule has 1 fully saturated rings. The normalized spacial score (nSPS) is 15.3. The summed E-state index contributed by atoms with van der Waals surface area (Å²) in [5, 5.41) is 0. The molecule has 0 aliphatic heterocycles. The van der Waals surface area contributed by atoms with Crippen LogP contribution in [0.3, 0.4) is 0 Å². The molecule has 1 heterocycles. The highest BCUT2D eigenvalue weighted by atomic mass is 79.9. The predicted octanol–water partition coefficient (Wildman–Crippen LogP) is 2.81. The van der Waals surface area contributed by atoms with Crippen molar-refractivity contribution in [3.8, 4) is 0 Å². The number of hydrogen-bond donors (Lipinski definition) is 1. The van der Waals surface area contributed by atoms with Crippen molar-refractivity contribution in [1.29, 1.82) is 0 Å². The summed E-state index contributed by atoms with van der Waals surface area (Å²) in [6, 6.07) is 2.62. The Morgan fingerprint density at radius 2 is 2.33 bits per heavy atom. The molecule has 0 amide bonds. The lowest BCUT2D eigenvalue weighted by molar-refractivity contribution is 0.749.